The maximum Gasteiger partial charge on any atom is 0.149 e. The molecule has 0 radical (unpaired) electrons. The lowest BCUT2D eigenvalue weighted by Crippen LogP contribution is -1.95. The first-order valence-corrected chi connectivity index (χ1v) is 24.3. The molecule has 0 amide bonds. The molecule has 8 heteroatoms. The van der Waals surface area contributed by atoms with Gasteiger partial charge in [-0.25, -0.2) is 18.2 Å². The molecule has 0 aliphatic heterocycles. The van der Waals surface area contributed by atoms with Crippen molar-refractivity contribution in [2.24, 2.45) is 0 Å². The van der Waals surface area contributed by atoms with Crippen molar-refractivity contribution in [3.8, 4) is 0 Å². The Bertz CT molecular complexity index is 3120. The second-order valence-corrected chi connectivity index (χ2v) is 19.1. The quantitative estimate of drug-likeness (QED) is 0.166. The van der Waals surface area contributed by atoms with Gasteiger partial charge in [0.25, 0.3) is 0 Å². The molecule has 360 valence electrons. The van der Waals surface area contributed by atoms with Crippen LogP contribution in [0.25, 0.3) is 54.4 Å². The maximum atomic E-state index is 13.4. The average molecular weight is 938 g/mol. The Morgan fingerprint density at radius 3 is 1.71 bits per heavy atom. The molecule has 0 bridgehead atoms. The highest BCUT2D eigenvalue weighted by molar-refractivity contribution is 5.86. The number of aromatic nitrogens is 5. The van der Waals surface area contributed by atoms with Gasteiger partial charge in [0.15, 0.2) is 0 Å². The van der Waals surface area contributed by atoms with Crippen LogP contribution in [0, 0.1) is 11.6 Å². The monoisotopic (exact) mass is 938 g/mol. The van der Waals surface area contributed by atoms with E-state index in [0.29, 0.717) is 46.2 Å². The molecule has 0 aliphatic carbocycles. The van der Waals surface area contributed by atoms with E-state index in [1.54, 1.807) is 24.7 Å². The normalized spacial score (nSPS) is 11.6. The summed E-state index contributed by atoms with van der Waals surface area (Å²) < 4.78 is 39.9. The van der Waals surface area contributed by atoms with E-state index in [1.165, 1.54) is 52.1 Å². The van der Waals surface area contributed by atoms with Crippen molar-refractivity contribution in [1.82, 2.24) is 24.9 Å². The molecule has 1 atom stereocenters. The first kappa shape index (κ1) is 52.3. The Kier molecular flexibility index (Phi) is 18.3. The number of hydrogen-bond acceptors (Lipinski definition) is 5. The Hall–Kier alpha value is -7.06. The summed E-state index contributed by atoms with van der Waals surface area (Å²) in [4.78, 5) is 21.1. The van der Waals surface area contributed by atoms with E-state index < -0.39 is 6.17 Å². The third-order valence-corrected chi connectivity index (χ3v) is 12.2. The summed E-state index contributed by atoms with van der Waals surface area (Å²) in [5.41, 5.74) is 10.3. The van der Waals surface area contributed by atoms with Crippen LogP contribution >= 0.6 is 0 Å². The molecule has 1 unspecified atom stereocenters. The zero-order chi connectivity index (χ0) is 50.5. The predicted molar refractivity (Wildman–Crippen MR) is 289 cm³/mol. The van der Waals surface area contributed by atoms with Crippen molar-refractivity contribution in [3.05, 3.63) is 210 Å². The van der Waals surface area contributed by atoms with Crippen LogP contribution in [0.15, 0.2) is 164 Å². The smallest absolute Gasteiger partial charge is 0.149 e. The summed E-state index contributed by atoms with van der Waals surface area (Å²) in [5.74, 6) is 1.94. The number of hydrogen-bond donors (Lipinski definition) is 0. The number of pyridine rings is 5. The molecular formula is C62H66F3N5. The molecular weight excluding hydrogens is 872 g/mol. The molecule has 0 saturated heterocycles. The minimum atomic E-state index is -1.01. The SMILES string of the molecule is CC(C)c1ccc(F)c2cnccc12.CC(C)c1ccc(F)c2ncccc12.CC(C)c1ccc2cccnc2c1.CC(C)c1cccc2nc(C(C)F)ccc12.CC(C)c1cnc2ccccc2c1. The number of benzene rings is 5. The Labute approximate surface area is 412 Å². The molecule has 0 spiro atoms. The van der Waals surface area contributed by atoms with Crippen LogP contribution in [0.3, 0.4) is 0 Å². The lowest BCUT2D eigenvalue weighted by Gasteiger charge is -2.10. The number of fused-ring (bicyclic) bond motifs is 5. The van der Waals surface area contributed by atoms with E-state index in [2.05, 4.69) is 137 Å². The van der Waals surface area contributed by atoms with Crippen LogP contribution in [0.1, 0.15) is 145 Å². The highest BCUT2D eigenvalue weighted by atomic mass is 19.1. The van der Waals surface area contributed by atoms with Crippen molar-refractivity contribution in [3.63, 3.8) is 0 Å². The van der Waals surface area contributed by atoms with E-state index in [-0.39, 0.29) is 11.6 Å². The van der Waals surface area contributed by atoms with Gasteiger partial charge in [0.2, 0.25) is 0 Å². The molecule has 0 saturated carbocycles. The summed E-state index contributed by atoms with van der Waals surface area (Å²) in [7, 11) is 0. The van der Waals surface area contributed by atoms with E-state index in [9.17, 15) is 13.2 Å². The number of halogens is 3. The molecule has 0 aliphatic rings. The molecule has 5 nitrogen and oxygen atoms in total. The molecule has 10 aromatic rings. The minimum absolute atomic E-state index is 0.197. The number of para-hydroxylation sites is 1. The van der Waals surface area contributed by atoms with Crippen LogP contribution in [0.5, 0.6) is 0 Å². The van der Waals surface area contributed by atoms with Gasteiger partial charge >= 0.3 is 0 Å². The fourth-order valence-electron chi connectivity index (χ4n) is 8.11. The summed E-state index contributed by atoms with van der Waals surface area (Å²) in [6.45, 7) is 23.0. The van der Waals surface area contributed by atoms with Crippen LogP contribution in [0.2, 0.25) is 0 Å². The van der Waals surface area contributed by atoms with Crippen molar-refractivity contribution < 1.29 is 13.2 Å². The molecule has 5 aromatic carbocycles. The standard InChI is InChI=1S/C14H16FN.2C12H12FN.2C12H13N/c1-9(2)11-5-4-6-14-12(11)7-8-13(16-14)10(3)15;1-8(2)9-3-4-12(13)11-7-14-6-5-10(9)11;1-8(2)9-5-6-11(13)12-10(9)4-3-7-14-12;1-9(2)11-6-5-10-4-3-7-13-12(10)8-11;1-9(2)11-7-10-5-3-4-6-12(10)13-8-11/h4-10H,1-3H3;2*3-8H,1-2H3;2*3-9H,1-2H3. The minimum Gasteiger partial charge on any atom is -0.264 e. The highest BCUT2D eigenvalue weighted by Gasteiger charge is 2.11. The largest absolute Gasteiger partial charge is 0.264 e. The maximum absolute atomic E-state index is 13.4. The first-order valence-electron chi connectivity index (χ1n) is 24.3. The third kappa shape index (κ3) is 13.4. The van der Waals surface area contributed by atoms with Crippen molar-refractivity contribution >= 4 is 54.4 Å². The van der Waals surface area contributed by atoms with Gasteiger partial charge in [0.05, 0.1) is 22.2 Å². The van der Waals surface area contributed by atoms with Gasteiger partial charge in [-0.05, 0) is 130 Å². The Morgan fingerprint density at radius 2 is 1.01 bits per heavy atom. The van der Waals surface area contributed by atoms with Crippen LogP contribution in [0.4, 0.5) is 13.2 Å². The third-order valence-electron chi connectivity index (χ3n) is 12.2. The van der Waals surface area contributed by atoms with Gasteiger partial charge in [-0.1, -0.05) is 142 Å². The zero-order valence-electron chi connectivity index (χ0n) is 42.4. The topological polar surface area (TPSA) is 64.5 Å². The van der Waals surface area contributed by atoms with Gasteiger partial charge in [-0.3, -0.25) is 19.9 Å². The molecule has 70 heavy (non-hydrogen) atoms. The van der Waals surface area contributed by atoms with Crippen LogP contribution < -0.4 is 0 Å². The second-order valence-electron chi connectivity index (χ2n) is 19.1. The Balaban J connectivity index is 0.000000144. The molecule has 0 N–H and O–H groups in total. The van der Waals surface area contributed by atoms with Gasteiger partial charge in [0.1, 0.15) is 23.3 Å². The lowest BCUT2D eigenvalue weighted by molar-refractivity contribution is 0.366. The molecule has 0 fully saturated rings. The number of alkyl halides is 1. The fourth-order valence-corrected chi connectivity index (χ4v) is 8.11. The molecule has 10 rings (SSSR count). The first-order chi connectivity index (χ1) is 33.5. The highest BCUT2D eigenvalue weighted by Crippen LogP contribution is 2.29. The van der Waals surface area contributed by atoms with Crippen LogP contribution in [-0.2, 0) is 0 Å². The molecule has 5 heterocycles. The summed E-state index contributed by atoms with van der Waals surface area (Å²) in [5, 5.41) is 6.07. The number of rotatable bonds is 6. The summed E-state index contributed by atoms with van der Waals surface area (Å²) >= 11 is 0. The van der Waals surface area contributed by atoms with E-state index >= 15 is 0 Å². The van der Waals surface area contributed by atoms with Crippen LogP contribution in [-0.4, -0.2) is 24.9 Å². The van der Waals surface area contributed by atoms with Crippen molar-refractivity contribution in [2.45, 2.75) is 112 Å². The average Bonchev–Trinajstić information content (AvgIpc) is 3.36. The van der Waals surface area contributed by atoms with Crippen molar-refractivity contribution in [2.75, 3.05) is 0 Å². The molecule has 5 aromatic heterocycles. The Morgan fingerprint density at radius 1 is 0.386 bits per heavy atom. The second kappa shape index (κ2) is 24.5. The lowest BCUT2D eigenvalue weighted by atomic mass is 9.97. The van der Waals surface area contributed by atoms with E-state index in [4.69, 9.17) is 0 Å². The fraction of sp³-hybridized carbons (Fsp3) is 0.274. The van der Waals surface area contributed by atoms with E-state index in [1.807, 2.05) is 85.2 Å². The van der Waals surface area contributed by atoms with Gasteiger partial charge in [-0.15, -0.1) is 0 Å². The van der Waals surface area contributed by atoms with E-state index in [0.717, 1.165) is 38.3 Å². The van der Waals surface area contributed by atoms with Gasteiger partial charge < -0.3 is 0 Å². The predicted octanol–water partition coefficient (Wildman–Crippen LogP) is 18.1. The summed E-state index contributed by atoms with van der Waals surface area (Å²) in [6, 6.07) is 43.1. The number of nitrogens with zero attached hydrogens (tertiary/aromatic N) is 5. The van der Waals surface area contributed by atoms with Gasteiger partial charge in [-0.2, -0.15) is 0 Å². The van der Waals surface area contributed by atoms with Gasteiger partial charge in [0, 0.05) is 57.9 Å². The zero-order valence-corrected chi connectivity index (χ0v) is 42.4. The van der Waals surface area contributed by atoms with Crippen molar-refractivity contribution in [1.29, 1.82) is 0 Å². The summed E-state index contributed by atoms with van der Waals surface area (Å²) in [6.07, 6.45) is 7.70.